The molecule has 19 heavy (non-hydrogen) atoms. The van der Waals surface area contributed by atoms with Crippen molar-refractivity contribution >= 4 is 17.5 Å². The molecule has 1 unspecified atom stereocenters. The van der Waals surface area contributed by atoms with Crippen molar-refractivity contribution in [1.29, 1.82) is 0 Å². The van der Waals surface area contributed by atoms with E-state index in [-0.39, 0.29) is 18.6 Å². The maximum atomic E-state index is 12.6. The van der Waals surface area contributed by atoms with Gasteiger partial charge in [0.05, 0.1) is 10.6 Å². The van der Waals surface area contributed by atoms with Gasteiger partial charge in [-0.1, -0.05) is 23.7 Å². The number of halogens is 1. The maximum Gasteiger partial charge on any atom is 0.255 e. The van der Waals surface area contributed by atoms with Crippen LogP contribution in [0.1, 0.15) is 41.6 Å². The van der Waals surface area contributed by atoms with E-state index in [4.69, 9.17) is 16.7 Å². The molecule has 2 rings (SSSR count). The summed E-state index contributed by atoms with van der Waals surface area (Å²) in [7, 11) is 0. The predicted molar refractivity (Wildman–Crippen MR) is 76.6 cm³/mol. The van der Waals surface area contributed by atoms with Crippen LogP contribution in [0, 0.1) is 6.92 Å². The van der Waals surface area contributed by atoms with E-state index in [2.05, 4.69) is 0 Å². The Bertz CT molecular complexity index is 459. The Hall–Kier alpha value is -1.06. The molecule has 1 aromatic rings. The van der Waals surface area contributed by atoms with Crippen molar-refractivity contribution in [2.75, 3.05) is 13.2 Å². The topological polar surface area (TPSA) is 40.5 Å². The van der Waals surface area contributed by atoms with Crippen molar-refractivity contribution in [3.8, 4) is 0 Å². The summed E-state index contributed by atoms with van der Waals surface area (Å²) in [6.07, 6.45) is 3.76. The van der Waals surface area contributed by atoms with E-state index in [9.17, 15) is 4.79 Å². The number of rotatable bonds is 3. The van der Waals surface area contributed by atoms with E-state index < -0.39 is 0 Å². The minimum absolute atomic E-state index is 0.00755. The Labute approximate surface area is 119 Å². The van der Waals surface area contributed by atoms with Crippen LogP contribution >= 0.6 is 11.6 Å². The van der Waals surface area contributed by atoms with Gasteiger partial charge in [0, 0.05) is 19.2 Å². The number of likely N-dealkylation sites (tertiary alicyclic amines) is 1. The Morgan fingerprint density at radius 2 is 2.26 bits per heavy atom. The zero-order valence-electron chi connectivity index (χ0n) is 11.2. The van der Waals surface area contributed by atoms with Gasteiger partial charge >= 0.3 is 0 Å². The highest BCUT2D eigenvalue weighted by molar-refractivity contribution is 6.34. The molecule has 0 bridgehead atoms. The molecule has 1 aliphatic rings. The van der Waals surface area contributed by atoms with Crippen molar-refractivity contribution in [2.24, 2.45) is 0 Å². The van der Waals surface area contributed by atoms with Gasteiger partial charge in [0.15, 0.2) is 0 Å². The lowest BCUT2D eigenvalue weighted by Crippen LogP contribution is -2.44. The number of hydrogen-bond donors (Lipinski definition) is 1. The molecular weight excluding hydrogens is 262 g/mol. The van der Waals surface area contributed by atoms with E-state index in [0.29, 0.717) is 17.0 Å². The summed E-state index contributed by atoms with van der Waals surface area (Å²) in [5, 5.41) is 9.67. The fourth-order valence-corrected chi connectivity index (χ4v) is 2.89. The Balaban J connectivity index is 2.23. The molecule has 3 nitrogen and oxygen atoms in total. The van der Waals surface area contributed by atoms with Gasteiger partial charge in [0.25, 0.3) is 5.91 Å². The van der Waals surface area contributed by atoms with Gasteiger partial charge in [-0.3, -0.25) is 4.79 Å². The van der Waals surface area contributed by atoms with Gasteiger partial charge in [-0.15, -0.1) is 0 Å². The lowest BCUT2D eigenvalue weighted by atomic mass is 9.98. The Kier molecular flexibility index (Phi) is 4.83. The van der Waals surface area contributed by atoms with E-state index in [0.717, 1.165) is 31.4 Å². The fourth-order valence-electron chi connectivity index (χ4n) is 2.68. The van der Waals surface area contributed by atoms with Crippen LogP contribution in [0.4, 0.5) is 0 Å². The molecule has 1 amide bonds. The first-order valence-corrected chi connectivity index (χ1v) is 7.20. The largest absolute Gasteiger partial charge is 0.396 e. The SMILES string of the molecule is Cc1cccc(C(=O)N2CCCCC2CCO)c1Cl. The molecule has 1 N–H and O–H groups in total. The molecule has 0 spiro atoms. The Morgan fingerprint density at radius 3 is 3.00 bits per heavy atom. The zero-order valence-corrected chi connectivity index (χ0v) is 12.0. The second-order valence-corrected chi connectivity index (χ2v) is 5.47. The summed E-state index contributed by atoms with van der Waals surface area (Å²) in [5.74, 6) is -0.00755. The number of hydrogen-bond acceptors (Lipinski definition) is 2. The maximum absolute atomic E-state index is 12.6. The van der Waals surface area contributed by atoms with Crippen LogP contribution in [-0.4, -0.2) is 35.1 Å². The summed E-state index contributed by atoms with van der Waals surface area (Å²) in [5.41, 5.74) is 1.50. The van der Waals surface area contributed by atoms with E-state index in [1.54, 1.807) is 6.07 Å². The normalized spacial score (nSPS) is 19.5. The monoisotopic (exact) mass is 281 g/mol. The second kappa shape index (κ2) is 6.40. The molecule has 1 aliphatic heterocycles. The lowest BCUT2D eigenvalue weighted by molar-refractivity contribution is 0.0574. The summed E-state index contributed by atoms with van der Waals surface area (Å²) < 4.78 is 0. The highest BCUT2D eigenvalue weighted by atomic mass is 35.5. The van der Waals surface area contributed by atoms with E-state index >= 15 is 0 Å². The molecule has 1 aromatic carbocycles. The standard InChI is InChI=1S/C15H20ClNO2/c1-11-5-4-7-13(14(11)16)15(19)17-9-3-2-6-12(17)8-10-18/h4-5,7,12,18H,2-3,6,8-10H2,1H3. The van der Waals surface area contributed by atoms with Gasteiger partial charge in [-0.2, -0.15) is 0 Å². The first kappa shape index (κ1) is 14.4. The van der Waals surface area contributed by atoms with Crippen molar-refractivity contribution in [2.45, 2.75) is 38.6 Å². The number of piperidine rings is 1. The van der Waals surface area contributed by atoms with Crippen LogP contribution in [0.25, 0.3) is 0 Å². The Morgan fingerprint density at radius 1 is 1.47 bits per heavy atom. The fraction of sp³-hybridized carbons (Fsp3) is 0.533. The molecule has 0 radical (unpaired) electrons. The third-order valence-electron chi connectivity index (χ3n) is 3.77. The van der Waals surface area contributed by atoms with Gasteiger partial charge in [-0.25, -0.2) is 0 Å². The number of benzene rings is 1. The number of carbonyl (C=O) groups excluding carboxylic acids is 1. The molecule has 1 atom stereocenters. The number of amides is 1. The number of aliphatic hydroxyl groups is 1. The molecule has 1 fully saturated rings. The third kappa shape index (κ3) is 3.10. The van der Waals surface area contributed by atoms with E-state index in [1.807, 2.05) is 24.0 Å². The van der Waals surface area contributed by atoms with Crippen molar-refractivity contribution < 1.29 is 9.90 Å². The predicted octanol–water partition coefficient (Wildman–Crippen LogP) is 3.03. The zero-order chi connectivity index (χ0) is 13.8. The van der Waals surface area contributed by atoms with Gasteiger partial charge < -0.3 is 10.0 Å². The summed E-state index contributed by atoms with van der Waals surface area (Å²) >= 11 is 6.24. The van der Waals surface area contributed by atoms with E-state index in [1.165, 1.54) is 0 Å². The highest BCUT2D eigenvalue weighted by Gasteiger charge is 2.28. The first-order valence-electron chi connectivity index (χ1n) is 6.82. The average Bonchev–Trinajstić information content (AvgIpc) is 2.42. The average molecular weight is 282 g/mol. The molecule has 1 saturated heterocycles. The molecule has 0 aliphatic carbocycles. The van der Waals surface area contributed by atoms with Gasteiger partial charge in [-0.05, 0) is 44.2 Å². The molecule has 0 aromatic heterocycles. The third-order valence-corrected chi connectivity index (χ3v) is 4.27. The minimum atomic E-state index is -0.00755. The minimum Gasteiger partial charge on any atom is -0.396 e. The summed E-state index contributed by atoms with van der Waals surface area (Å²) in [4.78, 5) is 14.5. The van der Waals surface area contributed by atoms with Crippen LogP contribution in [0.15, 0.2) is 18.2 Å². The van der Waals surface area contributed by atoms with Crippen molar-refractivity contribution in [3.63, 3.8) is 0 Å². The van der Waals surface area contributed by atoms with Crippen LogP contribution in [-0.2, 0) is 0 Å². The molecule has 1 heterocycles. The van der Waals surface area contributed by atoms with Crippen LogP contribution in [0.2, 0.25) is 5.02 Å². The first-order chi connectivity index (χ1) is 9.15. The molecular formula is C15H20ClNO2. The summed E-state index contributed by atoms with van der Waals surface area (Å²) in [6, 6.07) is 5.69. The van der Waals surface area contributed by atoms with Crippen LogP contribution in [0.3, 0.4) is 0 Å². The number of aryl methyl sites for hydroxylation is 1. The number of carbonyl (C=O) groups is 1. The van der Waals surface area contributed by atoms with Crippen molar-refractivity contribution in [1.82, 2.24) is 4.90 Å². The lowest BCUT2D eigenvalue weighted by Gasteiger charge is -2.35. The number of nitrogens with zero attached hydrogens (tertiary/aromatic N) is 1. The van der Waals surface area contributed by atoms with Gasteiger partial charge in [0.2, 0.25) is 0 Å². The molecule has 4 heteroatoms. The number of aliphatic hydroxyl groups excluding tert-OH is 1. The summed E-state index contributed by atoms with van der Waals surface area (Å²) in [6.45, 7) is 2.78. The van der Waals surface area contributed by atoms with Crippen LogP contribution in [0.5, 0.6) is 0 Å². The van der Waals surface area contributed by atoms with Crippen molar-refractivity contribution in [3.05, 3.63) is 34.3 Å². The molecule has 0 saturated carbocycles. The quantitative estimate of drug-likeness (QED) is 0.925. The highest BCUT2D eigenvalue weighted by Crippen LogP contribution is 2.26. The molecule has 104 valence electrons. The van der Waals surface area contributed by atoms with Gasteiger partial charge in [0.1, 0.15) is 0 Å². The van der Waals surface area contributed by atoms with Crippen LogP contribution < -0.4 is 0 Å². The second-order valence-electron chi connectivity index (χ2n) is 5.10. The smallest absolute Gasteiger partial charge is 0.255 e.